The fraction of sp³-hybridized carbons (Fsp3) is 0.353. The first-order valence-corrected chi connectivity index (χ1v) is 8.59. The molecule has 2 amide bonds. The van der Waals surface area contributed by atoms with Crippen LogP contribution < -0.4 is 5.32 Å². The molecule has 25 heavy (non-hydrogen) atoms. The third kappa shape index (κ3) is 4.93. The van der Waals surface area contributed by atoms with Crippen LogP contribution in [0.1, 0.15) is 43.0 Å². The van der Waals surface area contributed by atoms with Gasteiger partial charge in [0.1, 0.15) is 0 Å². The van der Waals surface area contributed by atoms with Gasteiger partial charge in [0.25, 0.3) is 5.91 Å². The Kier molecular flexibility index (Phi) is 5.97. The van der Waals surface area contributed by atoms with Crippen LogP contribution in [0.3, 0.4) is 0 Å². The molecule has 0 spiro atoms. The number of pyridine rings is 1. The minimum Gasteiger partial charge on any atom is -0.349 e. The van der Waals surface area contributed by atoms with Gasteiger partial charge in [-0.2, -0.15) is 0 Å². The van der Waals surface area contributed by atoms with E-state index in [1.807, 2.05) is 20.8 Å². The lowest BCUT2D eigenvalue weighted by Crippen LogP contribution is -2.49. The molecule has 0 bridgehead atoms. The molecular formula is C17H21N5O2S. The van der Waals surface area contributed by atoms with Crippen LogP contribution in [0.5, 0.6) is 0 Å². The van der Waals surface area contributed by atoms with Gasteiger partial charge in [-0.3, -0.25) is 14.6 Å². The maximum absolute atomic E-state index is 12.9. The zero-order valence-electron chi connectivity index (χ0n) is 14.5. The molecule has 1 N–H and O–H groups in total. The van der Waals surface area contributed by atoms with Gasteiger partial charge >= 0.3 is 0 Å². The van der Waals surface area contributed by atoms with Gasteiger partial charge in [-0.25, -0.2) is 0 Å². The van der Waals surface area contributed by atoms with E-state index in [-0.39, 0.29) is 18.1 Å². The Hall–Kier alpha value is -2.61. The Bertz CT molecular complexity index is 725. The lowest BCUT2D eigenvalue weighted by Gasteiger charge is -2.32. The predicted molar refractivity (Wildman–Crippen MR) is 96.0 cm³/mol. The van der Waals surface area contributed by atoms with E-state index in [0.29, 0.717) is 5.69 Å². The second-order valence-corrected chi connectivity index (χ2v) is 7.04. The van der Waals surface area contributed by atoms with Crippen LogP contribution in [0.2, 0.25) is 0 Å². The number of hydrogen-bond donors (Lipinski definition) is 1. The third-order valence-electron chi connectivity index (χ3n) is 3.19. The fourth-order valence-electron chi connectivity index (χ4n) is 2.26. The van der Waals surface area contributed by atoms with Gasteiger partial charge in [0, 0.05) is 23.7 Å². The maximum atomic E-state index is 12.9. The van der Waals surface area contributed by atoms with E-state index in [4.69, 9.17) is 0 Å². The quantitative estimate of drug-likeness (QED) is 0.799. The van der Waals surface area contributed by atoms with E-state index in [2.05, 4.69) is 26.5 Å². The number of rotatable bonds is 6. The molecule has 0 aromatic carbocycles. The smallest absolute Gasteiger partial charge is 0.276 e. The molecule has 2 aromatic rings. The molecule has 2 heterocycles. The van der Waals surface area contributed by atoms with Crippen molar-refractivity contribution in [3.63, 3.8) is 0 Å². The van der Waals surface area contributed by atoms with Gasteiger partial charge in [-0.15, -0.1) is 11.7 Å². The van der Waals surface area contributed by atoms with Crippen molar-refractivity contribution >= 4 is 23.3 Å². The zero-order valence-corrected chi connectivity index (χ0v) is 15.3. The second-order valence-electron chi connectivity index (χ2n) is 6.43. The molecule has 0 saturated heterocycles. The van der Waals surface area contributed by atoms with Gasteiger partial charge in [0.05, 0.1) is 5.69 Å². The first-order chi connectivity index (χ1) is 11.8. The fourth-order valence-corrected chi connectivity index (χ4v) is 2.69. The zero-order chi connectivity index (χ0) is 18.4. The number of amides is 2. The normalized spacial score (nSPS) is 12.3. The summed E-state index contributed by atoms with van der Waals surface area (Å²) in [6.07, 6.45) is 3.16. The van der Waals surface area contributed by atoms with Gasteiger partial charge in [0.2, 0.25) is 5.91 Å². The molecule has 7 nitrogen and oxygen atoms in total. The van der Waals surface area contributed by atoms with Crippen molar-refractivity contribution in [2.24, 2.45) is 0 Å². The first-order valence-electron chi connectivity index (χ1n) is 7.75. The van der Waals surface area contributed by atoms with E-state index in [9.17, 15) is 9.59 Å². The summed E-state index contributed by atoms with van der Waals surface area (Å²) < 4.78 is 3.72. The van der Waals surface area contributed by atoms with Crippen LogP contribution in [0.15, 0.2) is 42.4 Å². The molecule has 0 aliphatic heterocycles. The highest BCUT2D eigenvalue weighted by atomic mass is 32.1. The molecule has 0 aliphatic rings. The van der Waals surface area contributed by atoms with Crippen molar-refractivity contribution in [3.8, 4) is 0 Å². The Morgan fingerprint density at radius 1 is 1.40 bits per heavy atom. The van der Waals surface area contributed by atoms with E-state index in [1.54, 1.807) is 35.9 Å². The molecule has 2 aromatic heterocycles. The van der Waals surface area contributed by atoms with Crippen LogP contribution in [0.4, 0.5) is 0 Å². The average Bonchev–Trinajstić information content (AvgIpc) is 3.07. The van der Waals surface area contributed by atoms with Crippen molar-refractivity contribution in [2.45, 2.75) is 32.4 Å². The second kappa shape index (κ2) is 7.98. The van der Waals surface area contributed by atoms with Crippen molar-refractivity contribution in [1.29, 1.82) is 0 Å². The van der Waals surface area contributed by atoms with Crippen LogP contribution in [0, 0.1) is 0 Å². The lowest BCUT2D eigenvalue weighted by atomic mass is 10.0. The number of carbonyl (C=O) groups excluding carboxylic acids is 2. The van der Waals surface area contributed by atoms with Gasteiger partial charge in [-0.1, -0.05) is 16.6 Å². The third-order valence-corrected chi connectivity index (χ3v) is 3.70. The molecule has 0 aliphatic carbocycles. The standard InChI is InChI=1S/C17H21N5O2S/c1-5-10-22(16(24)13-11-25-21-20-13)14(12-8-6-7-9-18-12)15(23)19-17(2,3)4/h5-9,11,14H,1,10H2,2-4H3,(H,19,23). The first kappa shape index (κ1) is 18.7. The number of nitrogens with one attached hydrogen (secondary N) is 1. The molecule has 1 unspecified atom stereocenters. The lowest BCUT2D eigenvalue weighted by molar-refractivity contribution is -0.127. The summed E-state index contributed by atoms with van der Waals surface area (Å²) in [4.78, 5) is 31.5. The molecule has 0 radical (unpaired) electrons. The van der Waals surface area contributed by atoms with Crippen molar-refractivity contribution in [3.05, 3.63) is 53.8 Å². The highest BCUT2D eigenvalue weighted by molar-refractivity contribution is 7.03. The van der Waals surface area contributed by atoms with Crippen LogP contribution in [0.25, 0.3) is 0 Å². The average molecular weight is 359 g/mol. The number of hydrogen-bond acceptors (Lipinski definition) is 6. The maximum Gasteiger partial charge on any atom is 0.276 e. The van der Waals surface area contributed by atoms with E-state index in [0.717, 1.165) is 11.5 Å². The Morgan fingerprint density at radius 2 is 2.16 bits per heavy atom. The summed E-state index contributed by atoms with van der Waals surface area (Å²) in [5.41, 5.74) is 0.217. The van der Waals surface area contributed by atoms with Crippen LogP contribution in [-0.4, -0.2) is 43.4 Å². The summed E-state index contributed by atoms with van der Waals surface area (Å²) in [5, 5.41) is 8.29. The highest BCUT2D eigenvalue weighted by Crippen LogP contribution is 2.22. The summed E-state index contributed by atoms with van der Waals surface area (Å²) in [5.74, 6) is -0.710. The molecular weight excluding hydrogens is 338 g/mol. The largest absolute Gasteiger partial charge is 0.349 e. The minimum absolute atomic E-state index is 0.176. The van der Waals surface area contributed by atoms with E-state index >= 15 is 0 Å². The van der Waals surface area contributed by atoms with Crippen LogP contribution in [-0.2, 0) is 4.79 Å². The Balaban J connectivity index is 2.45. The van der Waals surface area contributed by atoms with Gasteiger partial charge < -0.3 is 10.2 Å². The minimum atomic E-state index is -0.896. The summed E-state index contributed by atoms with van der Waals surface area (Å²) >= 11 is 1.08. The molecule has 0 fully saturated rings. The van der Waals surface area contributed by atoms with E-state index in [1.165, 1.54) is 4.90 Å². The predicted octanol–water partition coefficient (Wildman–Crippen LogP) is 2.22. The van der Waals surface area contributed by atoms with E-state index < -0.39 is 17.5 Å². The van der Waals surface area contributed by atoms with Crippen LogP contribution >= 0.6 is 11.5 Å². The molecule has 132 valence electrons. The number of carbonyl (C=O) groups is 2. The summed E-state index contributed by atoms with van der Waals surface area (Å²) in [6.45, 7) is 9.51. The number of aromatic nitrogens is 3. The molecule has 8 heteroatoms. The van der Waals surface area contributed by atoms with Gasteiger partial charge in [-0.05, 0) is 44.4 Å². The molecule has 1 atom stereocenters. The Morgan fingerprint density at radius 3 is 2.68 bits per heavy atom. The number of nitrogens with zero attached hydrogens (tertiary/aromatic N) is 4. The molecule has 2 rings (SSSR count). The van der Waals surface area contributed by atoms with Crippen molar-refractivity contribution < 1.29 is 9.59 Å². The van der Waals surface area contributed by atoms with Crippen molar-refractivity contribution in [2.75, 3.05) is 6.54 Å². The topological polar surface area (TPSA) is 88.1 Å². The van der Waals surface area contributed by atoms with Crippen molar-refractivity contribution in [1.82, 2.24) is 24.8 Å². The SMILES string of the molecule is C=CCN(C(=O)c1csnn1)C(C(=O)NC(C)(C)C)c1ccccn1. The Labute approximate surface area is 150 Å². The highest BCUT2D eigenvalue weighted by Gasteiger charge is 2.34. The molecule has 0 saturated carbocycles. The summed E-state index contributed by atoms with van der Waals surface area (Å²) in [6, 6.07) is 4.36. The summed E-state index contributed by atoms with van der Waals surface area (Å²) in [7, 11) is 0. The monoisotopic (exact) mass is 359 g/mol. The van der Waals surface area contributed by atoms with Gasteiger partial charge in [0.15, 0.2) is 11.7 Å².